The minimum atomic E-state index is -0.600. The molecule has 0 atom stereocenters. The van der Waals surface area contributed by atoms with Gasteiger partial charge < -0.3 is 10.4 Å². The van der Waals surface area contributed by atoms with Crippen LogP contribution in [-0.2, 0) is 6.54 Å². The van der Waals surface area contributed by atoms with Gasteiger partial charge in [0, 0.05) is 45.5 Å². The third-order valence-corrected chi connectivity index (χ3v) is 5.22. The zero-order chi connectivity index (χ0) is 19.1. The summed E-state index contributed by atoms with van der Waals surface area (Å²) in [7, 11) is 0. The number of allylic oxidation sites excluding steroid dienone is 2. The first-order valence-corrected chi connectivity index (χ1v) is 9.82. The summed E-state index contributed by atoms with van der Waals surface area (Å²) in [6.07, 6.45) is 8.80. The Labute approximate surface area is 158 Å². The highest BCUT2D eigenvalue weighted by Gasteiger charge is 2.14. The van der Waals surface area contributed by atoms with Gasteiger partial charge >= 0.3 is 5.69 Å². The van der Waals surface area contributed by atoms with Crippen molar-refractivity contribution in [2.75, 3.05) is 39.3 Å². The van der Waals surface area contributed by atoms with Crippen molar-refractivity contribution >= 4 is 6.21 Å². The number of piperazine rings is 1. The standard InChI is InChI=1S/C19H29N5O3/c25-17-16(14-21-9-13-23-11-7-20-8-12-23)18(26)24(19(27)22-17)10-6-15-4-2-1-3-5-15/h4,14,20,26H,1-3,5-13H2,(H,22,25,27). The smallest absolute Gasteiger partial charge is 0.331 e. The predicted molar refractivity (Wildman–Crippen MR) is 106 cm³/mol. The van der Waals surface area contributed by atoms with Crippen LogP contribution in [0, 0.1) is 0 Å². The van der Waals surface area contributed by atoms with Crippen LogP contribution in [0.2, 0.25) is 0 Å². The zero-order valence-electron chi connectivity index (χ0n) is 15.7. The molecule has 3 N–H and O–H groups in total. The topological polar surface area (TPSA) is 103 Å². The van der Waals surface area contributed by atoms with E-state index >= 15 is 0 Å². The molecule has 27 heavy (non-hydrogen) atoms. The molecule has 0 bridgehead atoms. The molecule has 0 saturated carbocycles. The number of H-pyrrole nitrogens is 1. The minimum Gasteiger partial charge on any atom is -0.494 e. The maximum atomic E-state index is 12.1. The number of aromatic hydroxyl groups is 1. The molecule has 3 rings (SSSR count). The van der Waals surface area contributed by atoms with Crippen LogP contribution in [0.3, 0.4) is 0 Å². The number of hydrogen-bond donors (Lipinski definition) is 3. The van der Waals surface area contributed by atoms with Gasteiger partial charge in [0.05, 0.1) is 6.54 Å². The molecule has 148 valence electrons. The monoisotopic (exact) mass is 375 g/mol. The van der Waals surface area contributed by atoms with Crippen molar-refractivity contribution in [1.29, 1.82) is 0 Å². The molecule has 8 heteroatoms. The van der Waals surface area contributed by atoms with Crippen molar-refractivity contribution in [2.24, 2.45) is 4.99 Å². The summed E-state index contributed by atoms with van der Waals surface area (Å²) < 4.78 is 1.23. The van der Waals surface area contributed by atoms with Gasteiger partial charge in [-0.25, -0.2) is 4.79 Å². The van der Waals surface area contributed by atoms with E-state index in [4.69, 9.17) is 0 Å². The second-order valence-electron chi connectivity index (χ2n) is 7.13. The van der Waals surface area contributed by atoms with E-state index in [0.29, 0.717) is 19.5 Å². The molecule has 0 radical (unpaired) electrons. The molecule has 0 spiro atoms. The number of nitrogens with zero attached hydrogens (tertiary/aromatic N) is 3. The lowest BCUT2D eigenvalue weighted by molar-refractivity contribution is 0.248. The number of hydrogen-bond acceptors (Lipinski definition) is 6. The largest absolute Gasteiger partial charge is 0.494 e. The second kappa shape index (κ2) is 9.66. The summed E-state index contributed by atoms with van der Waals surface area (Å²) in [6, 6.07) is 0. The Morgan fingerprint density at radius 1 is 1.19 bits per heavy atom. The van der Waals surface area contributed by atoms with Crippen molar-refractivity contribution in [2.45, 2.75) is 38.6 Å². The molecule has 0 unspecified atom stereocenters. The van der Waals surface area contributed by atoms with Crippen molar-refractivity contribution < 1.29 is 5.11 Å². The van der Waals surface area contributed by atoms with Crippen molar-refractivity contribution in [1.82, 2.24) is 19.8 Å². The van der Waals surface area contributed by atoms with Crippen LogP contribution in [0.15, 0.2) is 26.2 Å². The molecule has 2 heterocycles. The highest BCUT2D eigenvalue weighted by atomic mass is 16.3. The SMILES string of the molecule is O=c1[nH]c(=O)n(CCC2=CCCCC2)c(O)c1C=NCCN1CCNCC1. The van der Waals surface area contributed by atoms with Crippen LogP contribution < -0.4 is 16.6 Å². The Morgan fingerprint density at radius 3 is 2.74 bits per heavy atom. The highest BCUT2D eigenvalue weighted by molar-refractivity contribution is 5.81. The Morgan fingerprint density at radius 2 is 2.00 bits per heavy atom. The molecule has 1 aliphatic carbocycles. The average Bonchev–Trinajstić information content (AvgIpc) is 2.68. The first-order valence-electron chi connectivity index (χ1n) is 9.82. The van der Waals surface area contributed by atoms with Crippen molar-refractivity contribution in [3.05, 3.63) is 38.1 Å². The van der Waals surface area contributed by atoms with E-state index in [2.05, 4.69) is 26.3 Å². The van der Waals surface area contributed by atoms with Crippen LogP contribution in [0.1, 0.15) is 37.7 Å². The van der Waals surface area contributed by atoms with Gasteiger partial charge in [0.15, 0.2) is 0 Å². The molecule has 1 fully saturated rings. The Hall–Kier alpha value is -2.19. The predicted octanol–water partition coefficient (Wildman–Crippen LogP) is 0.457. The van der Waals surface area contributed by atoms with E-state index in [0.717, 1.165) is 45.6 Å². The van der Waals surface area contributed by atoms with Gasteiger partial charge in [0.2, 0.25) is 5.88 Å². The average molecular weight is 375 g/mol. The van der Waals surface area contributed by atoms with Crippen molar-refractivity contribution in [3.8, 4) is 5.88 Å². The summed E-state index contributed by atoms with van der Waals surface area (Å²) in [4.78, 5) is 33.0. The molecule has 1 aliphatic heterocycles. The molecule has 2 aliphatic rings. The minimum absolute atomic E-state index is 0.0486. The maximum absolute atomic E-state index is 12.1. The molecular formula is C19H29N5O3. The van der Waals surface area contributed by atoms with E-state index in [1.807, 2.05) is 0 Å². The van der Waals surface area contributed by atoms with Gasteiger partial charge in [0.1, 0.15) is 5.56 Å². The van der Waals surface area contributed by atoms with E-state index in [-0.39, 0.29) is 11.4 Å². The fourth-order valence-electron chi connectivity index (χ4n) is 3.58. The van der Waals surface area contributed by atoms with E-state index in [1.165, 1.54) is 29.2 Å². The fraction of sp³-hybridized carbons (Fsp3) is 0.632. The number of aromatic amines is 1. The number of aromatic nitrogens is 2. The first kappa shape index (κ1) is 19.6. The quantitative estimate of drug-likeness (QED) is 0.475. The second-order valence-corrected chi connectivity index (χ2v) is 7.13. The van der Waals surface area contributed by atoms with Gasteiger partial charge in [-0.05, 0) is 32.1 Å². The molecular weight excluding hydrogens is 346 g/mol. The van der Waals surface area contributed by atoms with Crippen LogP contribution in [0.5, 0.6) is 5.88 Å². The summed E-state index contributed by atoms with van der Waals surface area (Å²) >= 11 is 0. The van der Waals surface area contributed by atoms with E-state index in [1.54, 1.807) is 0 Å². The molecule has 1 aromatic heterocycles. The summed E-state index contributed by atoms with van der Waals surface area (Å²) in [5, 5.41) is 13.7. The number of nitrogens with one attached hydrogen (secondary N) is 2. The van der Waals surface area contributed by atoms with E-state index < -0.39 is 11.2 Å². The van der Waals surface area contributed by atoms with Crippen LogP contribution in [-0.4, -0.2) is 65.0 Å². The lowest BCUT2D eigenvalue weighted by atomic mass is 9.97. The van der Waals surface area contributed by atoms with Gasteiger partial charge in [-0.15, -0.1) is 0 Å². The summed E-state index contributed by atoms with van der Waals surface area (Å²) in [5.41, 5.74) is 0.181. The molecule has 1 saturated heterocycles. The first-order chi connectivity index (χ1) is 13.1. The fourth-order valence-corrected chi connectivity index (χ4v) is 3.58. The molecule has 8 nitrogen and oxygen atoms in total. The normalized spacial score (nSPS) is 18.7. The summed E-state index contributed by atoms with van der Waals surface area (Å²) in [6.45, 7) is 5.64. The third kappa shape index (κ3) is 5.40. The van der Waals surface area contributed by atoms with Crippen molar-refractivity contribution in [3.63, 3.8) is 0 Å². The lowest BCUT2D eigenvalue weighted by Gasteiger charge is -2.26. The number of aliphatic imine (C=N–C) groups is 1. The third-order valence-electron chi connectivity index (χ3n) is 5.22. The van der Waals surface area contributed by atoms with E-state index in [9.17, 15) is 14.7 Å². The Kier molecular flexibility index (Phi) is 7.00. The van der Waals surface area contributed by atoms with Gasteiger partial charge in [-0.3, -0.25) is 24.2 Å². The Bertz CT molecular complexity index is 803. The molecule has 1 aromatic rings. The van der Waals surface area contributed by atoms with Gasteiger partial charge in [0.25, 0.3) is 5.56 Å². The lowest BCUT2D eigenvalue weighted by Crippen LogP contribution is -2.44. The maximum Gasteiger partial charge on any atom is 0.331 e. The molecule has 0 amide bonds. The van der Waals surface area contributed by atoms with Gasteiger partial charge in [-0.1, -0.05) is 11.6 Å². The summed E-state index contributed by atoms with van der Waals surface area (Å²) in [5.74, 6) is -0.300. The highest BCUT2D eigenvalue weighted by Crippen LogP contribution is 2.21. The van der Waals surface area contributed by atoms with Crippen LogP contribution in [0.4, 0.5) is 0 Å². The van der Waals surface area contributed by atoms with Crippen LogP contribution >= 0.6 is 0 Å². The van der Waals surface area contributed by atoms with Crippen LogP contribution in [0.25, 0.3) is 0 Å². The molecule has 0 aromatic carbocycles. The Balaban J connectivity index is 1.65. The number of rotatable bonds is 7. The van der Waals surface area contributed by atoms with Gasteiger partial charge in [-0.2, -0.15) is 0 Å². The zero-order valence-corrected chi connectivity index (χ0v) is 15.7.